The molecule has 1 aromatic heterocycles. The van der Waals surface area contributed by atoms with Crippen LogP contribution >= 0.6 is 11.3 Å². The lowest BCUT2D eigenvalue weighted by molar-refractivity contribution is 0.102. The van der Waals surface area contributed by atoms with Gasteiger partial charge in [-0.1, -0.05) is 12.1 Å². The maximum atomic E-state index is 13.5. The topological polar surface area (TPSA) is 17.1 Å². The number of hydrogen-bond acceptors (Lipinski definition) is 2. The van der Waals surface area contributed by atoms with E-state index in [2.05, 4.69) is 0 Å². The van der Waals surface area contributed by atoms with Crippen LogP contribution < -0.4 is 0 Å². The predicted molar refractivity (Wildman–Crippen MR) is 69.2 cm³/mol. The molecule has 0 aliphatic heterocycles. The number of thiophene rings is 1. The lowest BCUT2D eigenvalue weighted by Gasteiger charge is -2.05. The van der Waals surface area contributed by atoms with Crippen molar-refractivity contribution in [2.24, 2.45) is 0 Å². The molecule has 0 aliphatic rings. The van der Waals surface area contributed by atoms with Gasteiger partial charge in [0.1, 0.15) is 5.82 Å². The van der Waals surface area contributed by atoms with Crippen molar-refractivity contribution in [2.75, 3.05) is 0 Å². The molecule has 1 nitrogen and oxygen atoms in total. The van der Waals surface area contributed by atoms with Crippen LogP contribution in [0.3, 0.4) is 0 Å². The predicted octanol–water partition coefficient (Wildman–Crippen LogP) is 4.37. The fourth-order valence-corrected chi connectivity index (χ4v) is 2.93. The highest BCUT2D eigenvalue weighted by molar-refractivity contribution is 7.17. The molecule has 0 radical (unpaired) electrons. The van der Waals surface area contributed by atoms with Gasteiger partial charge in [-0.05, 0) is 49.6 Å². The molecule has 3 heteroatoms. The van der Waals surface area contributed by atoms with Gasteiger partial charge in [-0.25, -0.2) is 4.39 Å². The van der Waals surface area contributed by atoms with Crippen molar-refractivity contribution in [2.45, 2.75) is 20.8 Å². The fraction of sp³-hybridized carbons (Fsp3) is 0.214. The van der Waals surface area contributed by atoms with Crippen LogP contribution in [0.2, 0.25) is 0 Å². The summed E-state index contributed by atoms with van der Waals surface area (Å²) in [4.78, 5) is 13.0. The Morgan fingerprint density at radius 3 is 2.59 bits per heavy atom. The molecule has 0 bridgehead atoms. The molecular formula is C14H13FOS. The van der Waals surface area contributed by atoms with Crippen LogP contribution in [0.15, 0.2) is 24.3 Å². The molecule has 0 spiro atoms. The number of aryl methyl sites for hydroxylation is 1. The fourth-order valence-electron chi connectivity index (χ4n) is 1.78. The lowest BCUT2D eigenvalue weighted by atomic mass is 10.0. The van der Waals surface area contributed by atoms with E-state index in [9.17, 15) is 9.18 Å². The van der Waals surface area contributed by atoms with Gasteiger partial charge in [0, 0.05) is 4.88 Å². The van der Waals surface area contributed by atoms with Crippen molar-refractivity contribution < 1.29 is 9.18 Å². The van der Waals surface area contributed by atoms with Crippen LogP contribution in [0.5, 0.6) is 0 Å². The quantitative estimate of drug-likeness (QED) is 0.721. The Bertz CT molecular complexity index is 584. The van der Waals surface area contributed by atoms with Gasteiger partial charge in [0.25, 0.3) is 0 Å². The van der Waals surface area contributed by atoms with Gasteiger partial charge in [0.2, 0.25) is 0 Å². The third kappa shape index (κ3) is 2.15. The van der Waals surface area contributed by atoms with Crippen molar-refractivity contribution in [1.29, 1.82) is 0 Å². The smallest absolute Gasteiger partial charge is 0.169 e. The first-order valence-corrected chi connectivity index (χ1v) is 6.19. The number of carbonyl (C=O) groups excluding carboxylic acids is 1. The summed E-state index contributed by atoms with van der Waals surface area (Å²) in [6.45, 7) is 5.26. The van der Waals surface area contributed by atoms with Gasteiger partial charge in [0.05, 0.1) is 4.88 Å². The molecule has 1 aromatic carbocycles. The summed E-state index contributed by atoms with van der Waals surface area (Å²) in [7, 11) is 0. The molecule has 0 aliphatic carbocycles. The normalized spacial score (nSPS) is 10.6. The van der Waals surface area contributed by atoms with Gasteiger partial charge in [-0.15, -0.1) is 11.3 Å². The summed E-state index contributed by atoms with van der Waals surface area (Å²) in [5.41, 5.74) is 2.53. The largest absolute Gasteiger partial charge is 0.294 e. The minimum Gasteiger partial charge on any atom is -0.294 e. The molecule has 0 saturated heterocycles. The number of ketones is 1. The van der Waals surface area contributed by atoms with Crippen molar-refractivity contribution in [3.8, 4) is 10.4 Å². The first kappa shape index (κ1) is 12.0. The summed E-state index contributed by atoms with van der Waals surface area (Å²) in [5.74, 6) is -0.155. The van der Waals surface area contributed by atoms with Gasteiger partial charge >= 0.3 is 0 Å². The molecule has 17 heavy (non-hydrogen) atoms. The van der Waals surface area contributed by atoms with E-state index in [0.717, 1.165) is 20.9 Å². The first-order valence-electron chi connectivity index (χ1n) is 5.37. The van der Waals surface area contributed by atoms with Gasteiger partial charge in [-0.2, -0.15) is 0 Å². The van der Waals surface area contributed by atoms with Gasteiger partial charge in [0.15, 0.2) is 5.78 Å². The number of halogens is 1. The molecule has 0 unspecified atom stereocenters. The maximum Gasteiger partial charge on any atom is 0.169 e. The minimum absolute atomic E-state index is 0.0541. The SMILES string of the molecule is CC(=O)c1cc(C)c(-c2cccc(F)c2C)s1. The molecule has 2 aromatic rings. The molecule has 2 rings (SSSR count). The highest BCUT2D eigenvalue weighted by Gasteiger charge is 2.13. The molecule has 0 N–H and O–H groups in total. The van der Waals surface area contributed by atoms with Crippen LogP contribution in [0.25, 0.3) is 10.4 Å². The zero-order chi connectivity index (χ0) is 12.6. The number of benzene rings is 1. The molecule has 0 fully saturated rings. The van der Waals surface area contributed by atoms with Crippen molar-refractivity contribution in [3.63, 3.8) is 0 Å². The van der Waals surface area contributed by atoms with E-state index in [0.29, 0.717) is 5.56 Å². The average molecular weight is 248 g/mol. The van der Waals surface area contributed by atoms with Crippen molar-refractivity contribution in [1.82, 2.24) is 0 Å². The van der Waals surface area contributed by atoms with Gasteiger partial charge < -0.3 is 0 Å². The third-order valence-electron chi connectivity index (χ3n) is 2.78. The number of hydrogen-bond donors (Lipinski definition) is 0. The van der Waals surface area contributed by atoms with E-state index < -0.39 is 0 Å². The molecule has 1 heterocycles. The van der Waals surface area contributed by atoms with E-state index in [4.69, 9.17) is 0 Å². The van der Waals surface area contributed by atoms with Crippen molar-refractivity contribution >= 4 is 17.1 Å². The Kier molecular flexibility index (Phi) is 3.11. The Morgan fingerprint density at radius 1 is 1.29 bits per heavy atom. The summed E-state index contributed by atoms with van der Waals surface area (Å²) in [6.07, 6.45) is 0. The highest BCUT2D eigenvalue weighted by atomic mass is 32.1. The molecule has 88 valence electrons. The number of carbonyl (C=O) groups is 1. The van der Waals surface area contributed by atoms with Crippen LogP contribution in [0.1, 0.15) is 27.7 Å². The van der Waals surface area contributed by atoms with Gasteiger partial charge in [-0.3, -0.25) is 4.79 Å². The molecule has 0 atom stereocenters. The lowest BCUT2D eigenvalue weighted by Crippen LogP contribution is -1.86. The van der Waals surface area contributed by atoms with E-state index in [-0.39, 0.29) is 11.6 Å². The Hall–Kier alpha value is -1.48. The summed E-state index contributed by atoms with van der Waals surface area (Å²) < 4.78 is 13.5. The van der Waals surface area contributed by atoms with Crippen LogP contribution in [-0.4, -0.2) is 5.78 Å². The zero-order valence-electron chi connectivity index (χ0n) is 10.0. The summed E-state index contributed by atoms with van der Waals surface area (Å²) in [5, 5.41) is 0. The second-order valence-electron chi connectivity index (χ2n) is 4.09. The van der Waals surface area contributed by atoms with Crippen LogP contribution in [-0.2, 0) is 0 Å². The average Bonchev–Trinajstić information content (AvgIpc) is 2.65. The monoisotopic (exact) mass is 248 g/mol. The Balaban J connectivity index is 2.60. The van der Waals surface area contributed by atoms with Crippen LogP contribution in [0, 0.1) is 19.7 Å². The van der Waals surface area contributed by atoms with E-state index >= 15 is 0 Å². The third-order valence-corrected chi connectivity index (χ3v) is 4.15. The first-order chi connectivity index (χ1) is 8.00. The standard InChI is InChI=1S/C14H13FOS/c1-8-7-13(10(3)16)17-14(8)11-5-4-6-12(15)9(11)2/h4-7H,1-3H3. The highest BCUT2D eigenvalue weighted by Crippen LogP contribution is 2.35. The Morgan fingerprint density at radius 2 is 2.00 bits per heavy atom. The van der Waals surface area contributed by atoms with E-state index in [1.807, 2.05) is 19.1 Å². The Labute approximate surface area is 104 Å². The second kappa shape index (κ2) is 4.41. The minimum atomic E-state index is -0.209. The summed E-state index contributed by atoms with van der Waals surface area (Å²) >= 11 is 1.43. The van der Waals surface area contributed by atoms with E-state index in [1.54, 1.807) is 19.9 Å². The number of Topliss-reactive ketones (excluding diaryl/α,β-unsaturated/α-hetero) is 1. The zero-order valence-corrected chi connectivity index (χ0v) is 10.8. The maximum absolute atomic E-state index is 13.5. The van der Waals surface area contributed by atoms with Crippen LogP contribution in [0.4, 0.5) is 4.39 Å². The molecule has 0 amide bonds. The van der Waals surface area contributed by atoms with Crippen molar-refractivity contribution in [3.05, 3.63) is 46.1 Å². The second-order valence-corrected chi connectivity index (χ2v) is 5.14. The molecular weight excluding hydrogens is 235 g/mol. The molecule has 0 saturated carbocycles. The summed E-state index contributed by atoms with van der Waals surface area (Å²) in [6, 6.07) is 6.91. The number of rotatable bonds is 2. The van der Waals surface area contributed by atoms with E-state index in [1.165, 1.54) is 17.4 Å².